The van der Waals surface area contributed by atoms with E-state index >= 15 is 0 Å². The number of hydrogen-bond donors (Lipinski definition) is 3. The van der Waals surface area contributed by atoms with Gasteiger partial charge in [-0.1, -0.05) is 15.9 Å². The van der Waals surface area contributed by atoms with Gasteiger partial charge in [-0.15, -0.1) is 0 Å². The van der Waals surface area contributed by atoms with Crippen LogP contribution in [0.15, 0.2) is 44.4 Å². The van der Waals surface area contributed by atoms with E-state index in [0.29, 0.717) is 0 Å². The summed E-state index contributed by atoms with van der Waals surface area (Å²) in [5, 5.41) is 3.24. The van der Waals surface area contributed by atoms with E-state index in [0.717, 1.165) is 26.6 Å². The number of furan rings is 1. The van der Waals surface area contributed by atoms with Crippen molar-refractivity contribution in [2.45, 2.75) is 6.04 Å². The van der Waals surface area contributed by atoms with Crippen LogP contribution >= 0.6 is 15.9 Å². The molecule has 98 valence electrons. The summed E-state index contributed by atoms with van der Waals surface area (Å²) >= 11 is 3.55. The zero-order valence-corrected chi connectivity index (χ0v) is 11.7. The fourth-order valence-corrected chi connectivity index (χ4v) is 2.81. The van der Waals surface area contributed by atoms with Crippen molar-refractivity contribution in [2.24, 2.45) is 0 Å². The maximum atomic E-state index is 11.3. The maximum absolute atomic E-state index is 11.3. The molecule has 2 heterocycles. The highest BCUT2D eigenvalue weighted by Crippen LogP contribution is 2.31. The van der Waals surface area contributed by atoms with Gasteiger partial charge in [-0.2, -0.15) is 0 Å². The van der Waals surface area contributed by atoms with Crippen molar-refractivity contribution in [2.75, 3.05) is 7.05 Å². The average Bonchev–Trinajstić information content (AvgIpc) is 2.99. The quantitative estimate of drug-likeness (QED) is 0.694. The highest BCUT2D eigenvalue weighted by atomic mass is 79.9. The monoisotopic (exact) mass is 321 g/mol. The summed E-state index contributed by atoms with van der Waals surface area (Å²) < 4.78 is 6.06. The fraction of sp³-hybridized carbons (Fsp3) is 0.154. The second-order valence-corrected chi connectivity index (χ2v) is 5.13. The molecule has 0 saturated heterocycles. The average molecular weight is 322 g/mol. The van der Waals surface area contributed by atoms with Crippen LogP contribution < -0.4 is 11.0 Å². The van der Waals surface area contributed by atoms with E-state index in [1.165, 1.54) is 0 Å². The number of nitrogens with one attached hydrogen (secondary N) is 3. The van der Waals surface area contributed by atoms with Crippen LogP contribution in [0.3, 0.4) is 0 Å². The standard InChI is InChI=1S/C13H12BrN3O2/c1-15-12(7-2-3-19-6-7)8-4-10-11(5-9(8)14)17-13(18)16-10/h2-6,12,15H,1H3,(H2,16,17,18). The van der Waals surface area contributed by atoms with Gasteiger partial charge < -0.3 is 19.7 Å². The molecule has 0 spiro atoms. The van der Waals surface area contributed by atoms with E-state index in [-0.39, 0.29) is 11.7 Å². The summed E-state index contributed by atoms with van der Waals surface area (Å²) in [7, 11) is 1.88. The molecule has 0 saturated carbocycles. The number of aromatic nitrogens is 2. The van der Waals surface area contributed by atoms with Crippen LogP contribution in [0.1, 0.15) is 17.2 Å². The van der Waals surface area contributed by atoms with Crippen molar-refractivity contribution in [3.63, 3.8) is 0 Å². The Kier molecular flexibility index (Phi) is 3.04. The van der Waals surface area contributed by atoms with Crippen LogP contribution in [-0.2, 0) is 0 Å². The summed E-state index contributed by atoms with van der Waals surface area (Å²) in [6.07, 6.45) is 3.35. The first kappa shape index (κ1) is 12.3. The van der Waals surface area contributed by atoms with Gasteiger partial charge in [-0.05, 0) is 30.8 Å². The Morgan fingerprint density at radius 1 is 1.32 bits per heavy atom. The minimum absolute atomic E-state index is 0.00377. The smallest absolute Gasteiger partial charge is 0.323 e. The lowest BCUT2D eigenvalue weighted by Crippen LogP contribution is -2.17. The van der Waals surface area contributed by atoms with Crippen molar-refractivity contribution >= 4 is 27.0 Å². The van der Waals surface area contributed by atoms with E-state index in [4.69, 9.17) is 4.42 Å². The van der Waals surface area contributed by atoms with Gasteiger partial charge >= 0.3 is 5.69 Å². The Morgan fingerprint density at radius 2 is 2.05 bits per heavy atom. The minimum Gasteiger partial charge on any atom is -0.472 e. The number of rotatable bonds is 3. The maximum Gasteiger partial charge on any atom is 0.323 e. The Balaban J connectivity index is 2.17. The molecular weight excluding hydrogens is 310 g/mol. The molecule has 0 radical (unpaired) electrons. The highest BCUT2D eigenvalue weighted by molar-refractivity contribution is 9.10. The lowest BCUT2D eigenvalue weighted by atomic mass is 10.0. The summed E-state index contributed by atoms with van der Waals surface area (Å²) in [6, 6.07) is 5.76. The third kappa shape index (κ3) is 2.13. The molecule has 3 N–H and O–H groups in total. The van der Waals surface area contributed by atoms with Crippen molar-refractivity contribution < 1.29 is 4.42 Å². The molecule has 3 rings (SSSR count). The molecule has 1 aromatic carbocycles. The van der Waals surface area contributed by atoms with E-state index in [9.17, 15) is 4.79 Å². The summed E-state index contributed by atoms with van der Waals surface area (Å²) in [6.45, 7) is 0. The Bertz CT molecular complexity index is 758. The fourth-order valence-electron chi connectivity index (χ4n) is 2.23. The number of imidazole rings is 1. The zero-order valence-electron chi connectivity index (χ0n) is 10.2. The molecule has 5 nitrogen and oxygen atoms in total. The molecule has 3 aromatic rings. The van der Waals surface area contributed by atoms with Gasteiger partial charge in [0.2, 0.25) is 0 Å². The molecule has 0 aliphatic carbocycles. The first-order valence-electron chi connectivity index (χ1n) is 5.80. The van der Waals surface area contributed by atoms with Crippen LogP contribution in [0.2, 0.25) is 0 Å². The molecule has 1 unspecified atom stereocenters. The largest absolute Gasteiger partial charge is 0.472 e. The molecule has 0 aliphatic rings. The molecule has 1 atom stereocenters. The zero-order chi connectivity index (χ0) is 13.4. The molecule has 0 bridgehead atoms. The number of halogens is 1. The molecule has 6 heteroatoms. The predicted molar refractivity (Wildman–Crippen MR) is 76.2 cm³/mol. The van der Waals surface area contributed by atoms with Gasteiger partial charge in [0.25, 0.3) is 0 Å². The van der Waals surface area contributed by atoms with E-state index in [1.54, 1.807) is 12.5 Å². The highest BCUT2D eigenvalue weighted by Gasteiger charge is 2.17. The molecule has 0 amide bonds. The first-order valence-corrected chi connectivity index (χ1v) is 6.59. The summed E-state index contributed by atoms with van der Waals surface area (Å²) in [4.78, 5) is 16.8. The van der Waals surface area contributed by atoms with Crippen molar-refractivity contribution in [3.8, 4) is 0 Å². The van der Waals surface area contributed by atoms with E-state index < -0.39 is 0 Å². The van der Waals surface area contributed by atoms with Gasteiger partial charge in [0.05, 0.1) is 29.6 Å². The van der Waals surface area contributed by atoms with Crippen LogP contribution in [0.4, 0.5) is 0 Å². The molecule has 19 heavy (non-hydrogen) atoms. The van der Waals surface area contributed by atoms with Crippen LogP contribution in [0.5, 0.6) is 0 Å². The van der Waals surface area contributed by atoms with Crippen LogP contribution in [0.25, 0.3) is 11.0 Å². The SMILES string of the molecule is CNC(c1ccoc1)c1cc2[nH]c(=O)[nH]c2cc1Br. The normalized spacial score (nSPS) is 12.9. The second kappa shape index (κ2) is 4.71. The lowest BCUT2D eigenvalue weighted by molar-refractivity contribution is 0.557. The molecular formula is C13H12BrN3O2. The Morgan fingerprint density at radius 3 is 2.68 bits per heavy atom. The van der Waals surface area contributed by atoms with Crippen molar-refractivity contribution in [1.82, 2.24) is 15.3 Å². The number of aromatic amines is 2. The minimum atomic E-state index is -0.205. The van der Waals surface area contributed by atoms with Crippen LogP contribution in [0, 0.1) is 0 Å². The molecule has 0 fully saturated rings. The molecule has 0 aliphatic heterocycles. The van der Waals surface area contributed by atoms with Crippen molar-refractivity contribution in [1.29, 1.82) is 0 Å². The second-order valence-electron chi connectivity index (χ2n) is 4.28. The van der Waals surface area contributed by atoms with Gasteiger partial charge in [-0.3, -0.25) is 0 Å². The summed E-state index contributed by atoms with van der Waals surface area (Å²) in [5.41, 5.74) is 3.42. The van der Waals surface area contributed by atoms with Gasteiger partial charge in [-0.25, -0.2) is 4.79 Å². The van der Waals surface area contributed by atoms with E-state index in [2.05, 4.69) is 31.2 Å². The topological polar surface area (TPSA) is 73.8 Å². The number of H-pyrrole nitrogens is 2. The molecule has 2 aromatic heterocycles. The van der Waals surface area contributed by atoms with Crippen molar-refractivity contribution in [3.05, 3.63) is 56.8 Å². The van der Waals surface area contributed by atoms with Crippen LogP contribution in [-0.4, -0.2) is 17.0 Å². The predicted octanol–water partition coefficient (Wildman–Crippen LogP) is 2.52. The number of fused-ring (bicyclic) bond motifs is 1. The van der Waals surface area contributed by atoms with Gasteiger partial charge in [0.15, 0.2) is 0 Å². The van der Waals surface area contributed by atoms with E-state index in [1.807, 2.05) is 25.2 Å². The third-order valence-corrected chi connectivity index (χ3v) is 3.80. The third-order valence-electron chi connectivity index (χ3n) is 3.11. The first-order chi connectivity index (χ1) is 9.19. The number of benzene rings is 1. The van der Waals surface area contributed by atoms with Gasteiger partial charge in [0, 0.05) is 10.0 Å². The Hall–Kier alpha value is -1.79. The van der Waals surface area contributed by atoms with Gasteiger partial charge in [0.1, 0.15) is 0 Å². The Labute approximate surface area is 117 Å². The summed E-state index contributed by atoms with van der Waals surface area (Å²) in [5.74, 6) is 0. The lowest BCUT2D eigenvalue weighted by Gasteiger charge is -2.16. The number of hydrogen-bond acceptors (Lipinski definition) is 3.